The van der Waals surface area contributed by atoms with Crippen LogP contribution in [0.15, 0.2) is 243 Å². The molecule has 0 saturated carbocycles. The Labute approximate surface area is 376 Å². The molecule has 0 N–H and O–H groups in total. The molecule has 13 aromatic rings. The number of fused-ring (bicyclic) bond motifs is 10. The monoisotopic (exact) mass is 848 g/mol. The second-order valence-corrected chi connectivity index (χ2v) is 21.7. The summed E-state index contributed by atoms with van der Waals surface area (Å²) in [6.07, 6.45) is 0. The van der Waals surface area contributed by atoms with Gasteiger partial charge < -0.3 is 9.13 Å². The maximum absolute atomic E-state index is 2.73. The molecule has 0 aliphatic carbocycles. The maximum atomic E-state index is 2.48. The molecule has 0 atom stereocenters. The van der Waals surface area contributed by atoms with Crippen molar-refractivity contribution in [2.24, 2.45) is 0 Å². The molecule has 64 heavy (non-hydrogen) atoms. The maximum Gasteiger partial charge on any atom is 0.179 e. The van der Waals surface area contributed by atoms with Gasteiger partial charge in [-0.15, -0.1) is 11.3 Å². The molecule has 0 saturated heterocycles. The van der Waals surface area contributed by atoms with Gasteiger partial charge in [-0.3, -0.25) is 0 Å². The van der Waals surface area contributed by atoms with Crippen LogP contribution in [0.2, 0.25) is 0 Å². The van der Waals surface area contributed by atoms with Crippen LogP contribution in [0.5, 0.6) is 0 Å². The molecule has 0 amide bonds. The van der Waals surface area contributed by atoms with Gasteiger partial charge in [0.1, 0.15) is 0 Å². The number of nitrogens with zero attached hydrogens (tertiary/aromatic N) is 2. The Morgan fingerprint density at radius 1 is 0.297 bits per heavy atom. The van der Waals surface area contributed by atoms with Gasteiger partial charge >= 0.3 is 0 Å². The van der Waals surface area contributed by atoms with Crippen LogP contribution in [0, 0.1) is 0 Å². The molecule has 0 unspecified atom stereocenters. The zero-order valence-corrected chi connectivity index (χ0v) is 36.7. The minimum absolute atomic E-state index is 1.17. The molecule has 0 spiro atoms. The summed E-state index contributed by atoms with van der Waals surface area (Å²) in [4.78, 5) is 0. The topological polar surface area (TPSA) is 9.86 Å². The van der Waals surface area contributed by atoms with Gasteiger partial charge in [0.25, 0.3) is 0 Å². The van der Waals surface area contributed by atoms with Crippen molar-refractivity contribution < 1.29 is 0 Å². The van der Waals surface area contributed by atoms with Gasteiger partial charge in [0, 0.05) is 48.4 Å². The van der Waals surface area contributed by atoms with E-state index in [-0.39, 0.29) is 0 Å². The lowest BCUT2D eigenvalue weighted by Gasteiger charge is -2.34. The van der Waals surface area contributed by atoms with Gasteiger partial charge in [-0.1, -0.05) is 182 Å². The standard InChI is InChI=1S/C60H40N2SSi/c1-5-18-43(19-6-1)62-57-37-33-42(39-54(57)51-34-35-52-50-29-14-16-31-58(50)63-60(52)59(51)62)41-32-36-56-53(38-41)49-28-13-15-30-55(49)61(56)44-20-17-27-48(40-44)64(45-21-7-2-8-22-45,46-23-9-3-10-24-46)47-25-11-4-12-26-47/h1-40H. The summed E-state index contributed by atoms with van der Waals surface area (Å²) in [7, 11) is -2.73. The fourth-order valence-electron chi connectivity index (χ4n) is 10.7. The molecule has 3 aromatic heterocycles. The Morgan fingerprint density at radius 2 is 0.781 bits per heavy atom. The molecule has 0 radical (unpaired) electrons. The average molecular weight is 849 g/mol. The number of benzene rings is 10. The number of thiophene rings is 1. The first kappa shape index (κ1) is 36.9. The highest BCUT2D eigenvalue weighted by molar-refractivity contribution is 7.26. The summed E-state index contributed by atoms with van der Waals surface area (Å²) in [5.74, 6) is 0. The number of rotatable bonds is 7. The van der Waals surface area contributed by atoms with Gasteiger partial charge in [-0.2, -0.15) is 0 Å². The van der Waals surface area contributed by atoms with Crippen LogP contribution >= 0.6 is 11.3 Å². The summed E-state index contributed by atoms with van der Waals surface area (Å²) in [6, 6.07) is 90.3. The number of hydrogen-bond donors (Lipinski definition) is 0. The van der Waals surface area contributed by atoms with Gasteiger partial charge in [-0.25, -0.2) is 0 Å². The highest BCUT2D eigenvalue weighted by Crippen LogP contribution is 2.44. The van der Waals surface area contributed by atoms with Crippen LogP contribution in [0.3, 0.4) is 0 Å². The lowest BCUT2D eigenvalue weighted by molar-refractivity contribution is 1.18. The second-order valence-electron chi connectivity index (χ2n) is 16.8. The summed E-state index contributed by atoms with van der Waals surface area (Å²) < 4.78 is 7.60. The number of hydrogen-bond acceptors (Lipinski definition) is 1. The predicted molar refractivity (Wildman–Crippen MR) is 277 cm³/mol. The smallest absolute Gasteiger partial charge is 0.179 e. The first-order valence-corrected chi connectivity index (χ1v) is 24.8. The van der Waals surface area contributed by atoms with Crippen molar-refractivity contribution in [1.29, 1.82) is 0 Å². The SMILES string of the molecule is c1ccc(-n2c3ccc(-c4ccc5c(c4)c4ccccc4n5-c4cccc([Si](c5ccccc5)(c5ccccc5)c5ccccc5)c4)cc3c3ccc4c5ccccc5sc4c32)cc1. The summed E-state index contributed by atoms with van der Waals surface area (Å²) in [5, 5.41) is 13.1. The first-order chi connectivity index (χ1) is 31.8. The molecule has 0 aliphatic rings. The van der Waals surface area contributed by atoms with Crippen molar-refractivity contribution in [3.8, 4) is 22.5 Å². The molecule has 13 rings (SSSR count). The van der Waals surface area contributed by atoms with E-state index in [2.05, 4.69) is 252 Å². The number of aromatic nitrogens is 2. The largest absolute Gasteiger partial charge is 0.309 e. The van der Waals surface area contributed by atoms with Crippen molar-refractivity contribution in [2.75, 3.05) is 0 Å². The minimum Gasteiger partial charge on any atom is -0.309 e. The molecule has 0 bridgehead atoms. The van der Waals surface area contributed by atoms with Crippen molar-refractivity contribution in [3.05, 3.63) is 243 Å². The molecule has 4 heteroatoms. The molecule has 0 fully saturated rings. The normalized spacial score (nSPS) is 12.1. The summed E-state index contributed by atoms with van der Waals surface area (Å²) >= 11 is 1.90. The molecule has 2 nitrogen and oxygen atoms in total. The Hall–Kier alpha value is -7.76. The number of para-hydroxylation sites is 2. The van der Waals surface area contributed by atoms with Crippen LogP contribution in [0.25, 0.3) is 86.3 Å². The van der Waals surface area contributed by atoms with Crippen LogP contribution < -0.4 is 20.7 Å². The van der Waals surface area contributed by atoms with Crippen molar-refractivity contribution in [1.82, 2.24) is 9.13 Å². The Balaban J connectivity index is 1.00. The van der Waals surface area contributed by atoms with E-state index in [4.69, 9.17) is 0 Å². The molecular formula is C60H40N2SSi. The van der Waals surface area contributed by atoms with E-state index in [1.54, 1.807) is 0 Å². The first-order valence-electron chi connectivity index (χ1n) is 22.0. The van der Waals surface area contributed by atoms with E-state index in [9.17, 15) is 0 Å². The fourth-order valence-corrected chi connectivity index (χ4v) is 16.7. The predicted octanol–water partition coefficient (Wildman–Crippen LogP) is 13.3. The third-order valence-corrected chi connectivity index (χ3v) is 19.4. The molecular weight excluding hydrogens is 809 g/mol. The Morgan fingerprint density at radius 3 is 1.44 bits per heavy atom. The molecule has 10 aromatic carbocycles. The van der Waals surface area contributed by atoms with Gasteiger partial charge in [0.05, 0.1) is 26.8 Å². The average Bonchev–Trinajstić information content (AvgIpc) is 4.03. The van der Waals surface area contributed by atoms with Gasteiger partial charge in [0.2, 0.25) is 0 Å². The van der Waals surface area contributed by atoms with Crippen molar-refractivity contribution >= 4 is 104 Å². The lowest BCUT2D eigenvalue weighted by atomic mass is 10.0. The lowest BCUT2D eigenvalue weighted by Crippen LogP contribution is -2.74. The molecule has 0 aliphatic heterocycles. The zero-order valence-electron chi connectivity index (χ0n) is 34.9. The third-order valence-electron chi connectivity index (χ3n) is 13.5. The van der Waals surface area contributed by atoms with Gasteiger partial charge in [-0.05, 0) is 92.5 Å². The van der Waals surface area contributed by atoms with Crippen LogP contribution in [0.1, 0.15) is 0 Å². The van der Waals surface area contributed by atoms with E-state index < -0.39 is 8.07 Å². The summed E-state index contributed by atoms with van der Waals surface area (Å²) in [5.41, 5.74) is 9.65. The van der Waals surface area contributed by atoms with E-state index >= 15 is 0 Å². The quantitative estimate of drug-likeness (QED) is 0.112. The van der Waals surface area contributed by atoms with Crippen LogP contribution in [0.4, 0.5) is 0 Å². The van der Waals surface area contributed by atoms with E-state index in [0.717, 1.165) is 0 Å². The van der Waals surface area contributed by atoms with Crippen LogP contribution in [-0.4, -0.2) is 17.2 Å². The minimum atomic E-state index is -2.73. The highest BCUT2D eigenvalue weighted by Gasteiger charge is 2.41. The van der Waals surface area contributed by atoms with Crippen molar-refractivity contribution in [2.45, 2.75) is 0 Å². The Kier molecular flexibility index (Phi) is 8.45. The molecule has 300 valence electrons. The van der Waals surface area contributed by atoms with Crippen molar-refractivity contribution in [3.63, 3.8) is 0 Å². The van der Waals surface area contributed by atoms with E-state index in [1.165, 1.54) is 107 Å². The summed E-state index contributed by atoms with van der Waals surface area (Å²) in [6.45, 7) is 0. The fraction of sp³-hybridized carbons (Fsp3) is 0. The zero-order chi connectivity index (χ0) is 42.2. The second kappa shape index (κ2) is 14.7. The third kappa shape index (κ3) is 5.50. The van der Waals surface area contributed by atoms with Gasteiger partial charge in [0.15, 0.2) is 8.07 Å². The van der Waals surface area contributed by atoms with Crippen LogP contribution in [-0.2, 0) is 0 Å². The molecule has 3 heterocycles. The van der Waals surface area contributed by atoms with E-state index in [1.807, 2.05) is 11.3 Å². The Bertz CT molecular complexity index is 3790. The van der Waals surface area contributed by atoms with E-state index in [0.29, 0.717) is 0 Å². The highest BCUT2D eigenvalue weighted by atomic mass is 32.1.